The van der Waals surface area contributed by atoms with Crippen LogP contribution in [0.3, 0.4) is 0 Å². The highest BCUT2D eigenvalue weighted by Crippen LogP contribution is 2.27. The first kappa shape index (κ1) is 14.6. The minimum absolute atomic E-state index is 0.0719. The van der Waals surface area contributed by atoms with E-state index >= 15 is 0 Å². The van der Waals surface area contributed by atoms with Crippen molar-refractivity contribution in [1.82, 2.24) is 0 Å². The second kappa shape index (κ2) is 6.11. The fourth-order valence-corrected chi connectivity index (χ4v) is 2.56. The van der Waals surface area contributed by atoms with Crippen LogP contribution >= 0.6 is 0 Å². The highest BCUT2D eigenvalue weighted by Gasteiger charge is 2.30. The van der Waals surface area contributed by atoms with Gasteiger partial charge < -0.3 is 4.74 Å². The lowest BCUT2D eigenvalue weighted by Crippen LogP contribution is -2.16. The number of hydrogen-bond donors (Lipinski definition) is 0. The van der Waals surface area contributed by atoms with Crippen LogP contribution in [-0.2, 0) is 16.0 Å². The van der Waals surface area contributed by atoms with Crippen molar-refractivity contribution in [3.63, 3.8) is 0 Å². The summed E-state index contributed by atoms with van der Waals surface area (Å²) in [5.41, 5.74) is 4.42. The third kappa shape index (κ3) is 4.39. The Kier molecular flexibility index (Phi) is 4.46. The lowest BCUT2D eigenvalue weighted by molar-refractivity contribution is -0.139. The van der Waals surface area contributed by atoms with E-state index in [1.165, 1.54) is 5.56 Å². The molecule has 1 unspecified atom stereocenters. The van der Waals surface area contributed by atoms with Crippen molar-refractivity contribution in [3.8, 4) is 11.5 Å². The van der Waals surface area contributed by atoms with Crippen LogP contribution in [0.25, 0.3) is 0 Å². The summed E-state index contributed by atoms with van der Waals surface area (Å²) in [5, 5.41) is 0. The number of cyclic esters (lactones) is 1. The third-order valence-electron chi connectivity index (χ3n) is 3.02. The van der Waals surface area contributed by atoms with Crippen molar-refractivity contribution in [1.29, 1.82) is 0 Å². The highest BCUT2D eigenvalue weighted by molar-refractivity contribution is 6.83. The first-order chi connectivity index (χ1) is 9.44. The molecule has 2 rings (SSSR count). The van der Waals surface area contributed by atoms with Gasteiger partial charge in [0.1, 0.15) is 13.8 Å². The minimum atomic E-state index is -1.37. The Balaban J connectivity index is 2.00. The highest BCUT2D eigenvalue weighted by atomic mass is 28.3. The van der Waals surface area contributed by atoms with E-state index in [9.17, 15) is 4.79 Å². The smallest absolute Gasteiger partial charge is 0.314 e. The molecule has 0 bridgehead atoms. The van der Waals surface area contributed by atoms with Gasteiger partial charge in [0.05, 0.1) is 5.92 Å². The van der Waals surface area contributed by atoms with Gasteiger partial charge in [-0.1, -0.05) is 55.9 Å². The molecule has 0 saturated carbocycles. The Morgan fingerprint density at radius 3 is 2.65 bits per heavy atom. The predicted octanol–water partition coefficient (Wildman–Crippen LogP) is 3.56. The maximum absolute atomic E-state index is 11.8. The van der Waals surface area contributed by atoms with E-state index in [1.807, 2.05) is 30.3 Å². The topological polar surface area (TPSA) is 26.3 Å². The zero-order valence-corrected chi connectivity index (χ0v) is 13.3. The molecule has 0 amide bonds. The van der Waals surface area contributed by atoms with Crippen molar-refractivity contribution in [2.75, 3.05) is 0 Å². The Morgan fingerprint density at radius 1 is 1.30 bits per heavy atom. The number of carbonyl (C=O) groups is 1. The maximum Gasteiger partial charge on any atom is 0.314 e. The molecule has 0 aromatic heterocycles. The average Bonchev–Trinajstić information content (AvgIpc) is 2.70. The SMILES string of the molecule is C[Si](C)(C)C#CC=C1CC(Cc2ccccc2)C(=O)O1. The molecule has 1 atom stereocenters. The fourth-order valence-electron chi connectivity index (χ4n) is 2.06. The van der Waals surface area contributed by atoms with E-state index in [0.717, 1.165) is 6.42 Å². The van der Waals surface area contributed by atoms with E-state index in [0.29, 0.717) is 12.2 Å². The van der Waals surface area contributed by atoms with E-state index in [2.05, 4.69) is 31.1 Å². The number of carbonyl (C=O) groups excluding carboxylic acids is 1. The lowest BCUT2D eigenvalue weighted by Gasteiger charge is -2.03. The van der Waals surface area contributed by atoms with Crippen LogP contribution in [0.4, 0.5) is 0 Å². The molecular weight excluding hydrogens is 264 g/mol. The van der Waals surface area contributed by atoms with Crippen LogP contribution in [0.15, 0.2) is 42.2 Å². The Bertz CT molecular complexity index is 570. The summed E-state index contributed by atoms with van der Waals surface area (Å²) in [6.45, 7) is 6.58. The van der Waals surface area contributed by atoms with Crippen LogP contribution < -0.4 is 0 Å². The average molecular weight is 284 g/mol. The molecule has 1 aliphatic rings. The van der Waals surface area contributed by atoms with E-state index < -0.39 is 8.07 Å². The lowest BCUT2D eigenvalue weighted by atomic mass is 9.97. The van der Waals surface area contributed by atoms with Crippen LogP contribution in [0.5, 0.6) is 0 Å². The van der Waals surface area contributed by atoms with Crippen LogP contribution in [0, 0.1) is 17.4 Å². The van der Waals surface area contributed by atoms with Crippen LogP contribution in [0.1, 0.15) is 12.0 Å². The van der Waals surface area contributed by atoms with Gasteiger partial charge in [-0.15, -0.1) is 5.54 Å². The van der Waals surface area contributed by atoms with Crippen LogP contribution in [0.2, 0.25) is 19.6 Å². The molecule has 3 heteroatoms. The van der Waals surface area contributed by atoms with Gasteiger partial charge in [0.15, 0.2) is 0 Å². The molecule has 20 heavy (non-hydrogen) atoms. The number of hydrogen-bond acceptors (Lipinski definition) is 2. The summed E-state index contributed by atoms with van der Waals surface area (Å²) in [4.78, 5) is 11.8. The molecule has 1 saturated heterocycles. The van der Waals surface area contributed by atoms with Crippen molar-refractivity contribution >= 4 is 14.0 Å². The number of allylic oxidation sites excluding steroid dienone is 2. The van der Waals surface area contributed by atoms with Crippen molar-refractivity contribution in [2.24, 2.45) is 5.92 Å². The summed E-state index contributed by atoms with van der Waals surface area (Å²) >= 11 is 0. The van der Waals surface area contributed by atoms with Crippen molar-refractivity contribution < 1.29 is 9.53 Å². The molecular formula is C17H20O2Si. The molecule has 104 valence electrons. The molecule has 0 spiro atoms. The maximum atomic E-state index is 11.8. The zero-order chi connectivity index (χ0) is 14.6. The van der Waals surface area contributed by atoms with E-state index in [-0.39, 0.29) is 11.9 Å². The number of benzene rings is 1. The Morgan fingerprint density at radius 2 is 2.00 bits per heavy atom. The van der Waals surface area contributed by atoms with Gasteiger partial charge in [0.25, 0.3) is 0 Å². The second-order valence-electron chi connectivity index (χ2n) is 6.14. The summed E-state index contributed by atoms with van der Waals surface area (Å²) < 4.78 is 5.30. The van der Waals surface area contributed by atoms with E-state index in [1.54, 1.807) is 6.08 Å². The molecule has 1 aliphatic heterocycles. The van der Waals surface area contributed by atoms with Crippen molar-refractivity contribution in [2.45, 2.75) is 32.5 Å². The van der Waals surface area contributed by atoms with Crippen LogP contribution in [-0.4, -0.2) is 14.0 Å². The predicted molar refractivity (Wildman–Crippen MR) is 83.6 cm³/mol. The van der Waals surface area contributed by atoms with Gasteiger partial charge in [-0.2, -0.15) is 0 Å². The monoisotopic (exact) mass is 284 g/mol. The van der Waals surface area contributed by atoms with Crippen molar-refractivity contribution in [3.05, 3.63) is 47.7 Å². The molecule has 1 aromatic carbocycles. The minimum Gasteiger partial charge on any atom is -0.430 e. The summed E-state index contributed by atoms with van der Waals surface area (Å²) in [6, 6.07) is 10.0. The number of esters is 1. The first-order valence-electron chi connectivity index (χ1n) is 6.91. The number of ether oxygens (including phenoxy) is 1. The summed E-state index contributed by atoms with van der Waals surface area (Å²) in [7, 11) is -1.37. The molecule has 0 radical (unpaired) electrons. The Hall–Kier alpha value is -1.79. The third-order valence-corrected chi connectivity index (χ3v) is 3.91. The first-order valence-corrected chi connectivity index (χ1v) is 10.4. The quantitative estimate of drug-likeness (QED) is 0.471. The molecule has 2 nitrogen and oxygen atoms in total. The summed E-state index contributed by atoms with van der Waals surface area (Å²) in [6.07, 6.45) is 3.16. The van der Waals surface area contributed by atoms with Gasteiger partial charge in [-0.25, -0.2) is 0 Å². The summed E-state index contributed by atoms with van der Waals surface area (Å²) in [5.74, 6) is 3.55. The zero-order valence-electron chi connectivity index (χ0n) is 12.3. The van der Waals surface area contributed by atoms with Gasteiger partial charge in [0.2, 0.25) is 0 Å². The Labute approximate surface area is 121 Å². The molecule has 0 aliphatic carbocycles. The second-order valence-corrected chi connectivity index (χ2v) is 10.9. The van der Waals surface area contributed by atoms with Gasteiger partial charge >= 0.3 is 5.97 Å². The largest absolute Gasteiger partial charge is 0.430 e. The standard InChI is InChI=1S/C17H20O2Si/c1-20(2,3)11-7-10-16-13-15(17(18)19-16)12-14-8-5-4-6-9-14/h4-6,8-10,15H,12-13H2,1-3H3. The van der Waals surface area contributed by atoms with E-state index in [4.69, 9.17) is 4.74 Å². The fraction of sp³-hybridized carbons (Fsp3) is 0.353. The molecule has 1 aromatic rings. The van der Waals surface area contributed by atoms with Gasteiger partial charge in [-0.05, 0) is 12.0 Å². The molecule has 1 fully saturated rings. The number of rotatable bonds is 2. The van der Waals surface area contributed by atoms with Gasteiger partial charge in [-0.3, -0.25) is 4.79 Å². The molecule has 0 N–H and O–H groups in total. The van der Waals surface area contributed by atoms with Gasteiger partial charge in [0, 0.05) is 12.5 Å². The molecule has 1 heterocycles. The normalized spacial score (nSPS) is 20.4.